The molecule has 0 atom stereocenters. The quantitative estimate of drug-likeness (QED) is 0.647. The maximum atomic E-state index is 11.5. The summed E-state index contributed by atoms with van der Waals surface area (Å²) in [6.45, 7) is 2.67. The molecule has 0 aliphatic rings. The highest BCUT2D eigenvalue weighted by Gasteiger charge is 2.01. The third-order valence-corrected chi connectivity index (χ3v) is 2.89. The van der Waals surface area contributed by atoms with Crippen molar-refractivity contribution >= 4 is 5.91 Å². The summed E-state index contributed by atoms with van der Waals surface area (Å²) < 4.78 is 5.17. The second kappa shape index (κ2) is 9.34. The molecule has 1 amide bonds. The molecule has 2 N–H and O–H groups in total. The van der Waals surface area contributed by atoms with Gasteiger partial charge in [-0.3, -0.25) is 4.79 Å². The van der Waals surface area contributed by atoms with Gasteiger partial charge in [0.2, 0.25) is 5.91 Å². The van der Waals surface area contributed by atoms with Crippen LogP contribution < -0.4 is 15.4 Å². The summed E-state index contributed by atoms with van der Waals surface area (Å²) in [5.41, 5.74) is 1.20. The molecule has 5 nitrogen and oxygen atoms in total. The van der Waals surface area contributed by atoms with Crippen LogP contribution in [-0.2, 0) is 11.2 Å². The fraction of sp³-hybridized carbons (Fsp3) is 0.533. The van der Waals surface area contributed by atoms with Crippen LogP contribution >= 0.6 is 0 Å². The molecule has 0 aliphatic carbocycles. The Balaban J connectivity index is 2.13. The minimum absolute atomic E-state index is 0.0393. The molecule has 0 saturated carbocycles. The molecule has 0 bridgehead atoms. The number of hydrogen-bond donors (Lipinski definition) is 2. The Morgan fingerprint density at radius 2 is 2.10 bits per heavy atom. The SMILES string of the molecule is COc1cccc(CCNCC(=O)NCCN(C)C)c1. The van der Waals surface area contributed by atoms with Crippen molar-refractivity contribution < 1.29 is 9.53 Å². The van der Waals surface area contributed by atoms with E-state index < -0.39 is 0 Å². The molecule has 0 aliphatic heterocycles. The first-order valence-corrected chi connectivity index (χ1v) is 6.87. The van der Waals surface area contributed by atoms with E-state index in [1.165, 1.54) is 5.56 Å². The van der Waals surface area contributed by atoms with Crippen LogP contribution in [0.3, 0.4) is 0 Å². The molecule has 1 aromatic rings. The van der Waals surface area contributed by atoms with Crippen LogP contribution in [0.4, 0.5) is 0 Å². The van der Waals surface area contributed by atoms with Gasteiger partial charge in [0, 0.05) is 13.1 Å². The zero-order chi connectivity index (χ0) is 14.8. The van der Waals surface area contributed by atoms with E-state index in [-0.39, 0.29) is 5.91 Å². The van der Waals surface area contributed by atoms with Gasteiger partial charge in [-0.15, -0.1) is 0 Å². The summed E-state index contributed by atoms with van der Waals surface area (Å²) in [7, 11) is 5.63. The maximum absolute atomic E-state index is 11.5. The van der Waals surface area contributed by atoms with E-state index in [1.54, 1.807) is 7.11 Å². The molecule has 5 heteroatoms. The molecule has 0 radical (unpaired) electrons. The van der Waals surface area contributed by atoms with Crippen molar-refractivity contribution in [1.29, 1.82) is 0 Å². The maximum Gasteiger partial charge on any atom is 0.234 e. The van der Waals surface area contributed by atoms with Gasteiger partial charge >= 0.3 is 0 Å². The van der Waals surface area contributed by atoms with Crippen LogP contribution in [0.2, 0.25) is 0 Å². The number of rotatable bonds is 9. The third kappa shape index (κ3) is 7.11. The van der Waals surface area contributed by atoms with E-state index in [0.29, 0.717) is 13.1 Å². The van der Waals surface area contributed by atoms with Crippen LogP contribution in [0, 0.1) is 0 Å². The zero-order valence-electron chi connectivity index (χ0n) is 12.6. The average molecular weight is 279 g/mol. The Hall–Kier alpha value is -1.59. The smallest absolute Gasteiger partial charge is 0.234 e. The normalized spacial score (nSPS) is 10.6. The number of amides is 1. The molecule has 0 fully saturated rings. The van der Waals surface area contributed by atoms with Gasteiger partial charge in [-0.25, -0.2) is 0 Å². The minimum atomic E-state index is 0.0393. The molecule has 0 heterocycles. The molecule has 20 heavy (non-hydrogen) atoms. The topological polar surface area (TPSA) is 53.6 Å². The van der Waals surface area contributed by atoms with Crippen LogP contribution in [0.1, 0.15) is 5.56 Å². The van der Waals surface area contributed by atoms with Gasteiger partial charge in [-0.1, -0.05) is 12.1 Å². The lowest BCUT2D eigenvalue weighted by atomic mass is 10.1. The molecule has 0 unspecified atom stereocenters. The van der Waals surface area contributed by atoms with E-state index in [1.807, 2.05) is 37.2 Å². The largest absolute Gasteiger partial charge is 0.497 e. The fourth-order valence-corrected chi connectivity index (χ4v) is 1.74. The summed E-state index contributed by atoms with van der Waals surface area (Å²) in [6.07, 6.45) is 0.877. The van der Waals surface area contributed by atoms with Crippen LogP contribution in [0.5, 0.6) is 5.75 Å². The van der Waals surface area contributed by atoms with Crippen molar-refractivity contribution in [2.45, 2.75) is 6.42 Å². The number of hydrogen-bond acceptors (Lipinski definition) is 4. The predicted molar refractivity (Wildman–Crippen MR) is 81.1 cm³/mol. The molecule has 1 rings (SSSR count). The van der Waals surface area contributed by atoms with Crippen molar-refractivity contribution in [2.75, 3.05) is 47.4 Å². The lowest BCUT2D eigenvalue weighted by Crippen LogP contribution is -2.37. The standard InChI is InChI=1S/C15H25N3O2/c1-18(2)10-9-17-15(19)12-16-8-7-13-5-4-6-14(11-13)20-3/h4-6,11,16H,7-10,12H2,1-3H3,(H,17,19). The molecular weight excluding hydrogens is 254 g/mol. The first-order valence-electron chi connectivity index (χ1n) is 6.87. The van der Waals surface area contributed by atoms with Crippen molar-refractivity contribution in [1.82, 2.24) is 15.5 Å². The fourth-order valence-electron chi connectivity index (χ4n) is 1.74. The van der Waals surface area contributed by atoms with Crippen LogP contribution in [-0.4, -0.2) is 58.2 Å². The summed E-state index contributed by atoms with van der Waals surface area (Å²) in [4.78, 5) is 13.6. The molecule has 1 aromatic carbocycles. The second-order valence-corrected chi connectivity index (χ2v) is 4.93. The summed E-state index contributed by atoms with van der Waals surface area (Å²) in [5.74, 6) is 0.904. The third-order valence-electron chi connectivity index (χ3n) is 2.89. The lowest BCUT2D eigenvalue weighted by Gasteiger charge is -2.11. The lowest BCUT2D eigenvalue weighted by molar-refractivity contribution is -0.120. The van der Waals surface area contributed by atoms with Gasteiger partial charge in [-0.2, -0.15) is 0 Å². The number of carbonyl (C=O) groups is 1. The highest BCUT2D eigenvalue weighted by molar-refractivity contribution is 5.77. The van der Waals surface area contributed by atoms with E-state index in [2.05, 4.69) is 16.7 Å². The Bertz CT molecular complexity index is 408. The molecule has 0 saturated heterocycles. The Morgan fingerprint density at radius 3 is 2.80 bits per heavy atom. The average Bonchev–Trinajstić information content (AvgIpc) is 2.43. The number of likely N-dealkylation sites (N-methyl/N-ethyl adjacent to an activating group) is 1. The van der Waals surface area contributed by atoms with Gasteiger partial charge in [0.1, 0.15) is 5.75 Å². The first kappa shape index (κ1) is 16.5. The zero-order valence-corrected chi connectivity index (χ0v) is 12.6. The molecule has 112 valence electrons. The summed E-state index contributed by atoms with van der Waals surface area (Å²) >= 11 is 0. The Morgan fingerprint density at radius 1 is 1.30 bits per heavy atom. The van der Waals surface area contributed by atoms with Crippen molar-refractivity contribution in [3.63, 3.8) is 0 Å². The predicted octanol–water partition coefficient (Wildman–Crippen LogP) is 0.505. The van der Waals surface area contributed by atoms with Gasteiger partial charge in [0.15, 0.2) is 0 Å². The highest BCUT2D eigenvalue weighted by atomic mass is 16.5. The van der Waals surface area contributed by atoms with E-state index in [9.17, 15) is 4.79 Å². The van der Waals surface area contributed by atoms with E-state index >= 15 is 0 Å². The van der Waals surface area contributed by atoms with Crippen LogP contribution in [0.25, 0.3) is 0 Å². The molecule has 0 spiro atoms. The number of ether oxygens (including phenoxy) is 1. The number of benzene rings is 1. The van der Waals surface area contributed by atoms with Gasteiger partial charge in [-0.05, 0) is 44.8 Å². The first-order chi connectivity index (χ1) is 9.61. The summed E-state index contributed by atoms with van der Waals surface area (Å²) in [5, 5.41) is 6.01. The van der Waals surface area contributed by atoms with Crippen molar-refractivity contribution in [3.8, 4) is 5.75 Å². The van der Waals surface area contributed by atoms with Gasteiger partial charge in [0.05, 0.1) is 13.7 Å². The van der Waals surface area contributed by atoms with E-state index in [4.69, 9.17) is 4.74 Å². The van der Waals surface area contributed by atoms with Crippen LogP contribution in [0.15, 0.2) is 24.3 Å². The number of nitrogens with zero attached hydrogens (tertiary/aromatic N) is 1. The number of nitrogens with one attached hydrogen (secondary N) is 2. The Kier molecular flexibility index (Phi) is 7.69. The minimum Gasteiger partial charge on any atom is -0.497 e. The van der Waals surface area contributed by atoms with E-state index in [0.717, 1.165) is 25.3 Å². The molecular formula is C15H25N3O2. The van der Waals surface area contributed by atoms with Crippen molar-refractivity contribution in [3.05, 3.63) is 29.8 Å². The number of carbonyl (C=O) groups excluding carboxylic acids is 1. The highest BCUT2D eigenvalue weighted by Crippen LogP contribution is 2.12. The van der Waals surface area contributed by atoms with Crippen molar-refractivity contribution in [2.24, 2.45) is 0 Å². The Labute approximate surface area is 121 Å². The monoisotopic (exact) mass is 279 g/mol. The molecule has 0 aromatic heterocycles. The summed E-state index contributed by atoms with van der Waals surface area (Å²) in [6, 6.07) is 7.97. The second-order valence-electron chi connectivity index (χ2n) is 4.93. The number of methoxy groups -OCH3 is 1. The van der Waals surface area contributed by atoms with Gasteiger partial charge < -0.3 is 20.3 Å². The van der Waals surface area contributed by atoms with Gasteiger partial charge in [0.25, 0.3) is 0 Å².